The van der Waals surface area contributed by atoms with Gasteiger partial charge >= 0.3 is 5.97 Å². The van der Waals surface area contributed by atoms with Gasteiger partial charge in [-0.15, -0.1) is 0 Å². The van der Waals surface area contributed by atoms with E-state index in [-0.39, 0.29) is 24.9 Å². The number of allylic oxidation sites excluding steroid dienone is 11. The van der Waals surface area contributed by atoms with Gasteiger partial charge in [-0.05, 0) is 96.0 Å². The lowest BCUT2D eigenvalue weighted by Gasteiger charge is -2.30. The van der Waals surface area contributed by atoms with Gasteiger partial charge in [0, 0.05) is 12.8 Å². The SMILES string of the molecule is CCCC/C=C\CCCCCCCC(=O)OC(/C=C/CCCCCCCCCCCCC)C(COP(=O)([O-])OCC[N+](C)(C)C)NC(=O)CCCCCCC/C=C\C/C=C\C/C=C\C/C=C\CCCCC. The number of nitrogens with one attached hydrogen (secondary N) is 1. The zero-order valence-corrected chi connectivity index (χ0v) is 47.8. The van der Waals surface area contributed by atoms with Gasteiger partial charge in [-0.25, -0.2) is 0 Å². The van der Waals surface area contributed by atoms with Gasteiger partial charge in [0.1, 0.15) is 19.3 Å². The number of ether oxygens (including phenoxy) is 1. The van der Waals surface area contributed by atoms with Crippen LogP contribution in [0.5, 0.6) is 0 Å². The van der Waals surface area contributed by atoms with Crippen LogP contribution in [-0.2, 0) is 27.9 Å². The van der Waals surface area contributed by atoms with Crippen LogP contribution in [0.15, 0.2) is 72.9 Å². The molecule has 1 N–H and O–H groups in total. The minimum Gasteiger partial charge on any atom is -0.756 e. The second-order valence-electron chi connectivity index (χ2n) is 20.8. The molecule has 0 aliphatic rings. The predicted octanol–water partition coefficient (Wildman–Crippen LogP) is 17.0. The van der Waals surface area contributed by atoms with E-state index in [0.29, 0.717) is 30.3 Å². The van der Waals surface area contributed by atoms with Gasteiger partial charge in [0.15, 0.2) is 0 Å². The first-order chi connectivity index (χ1) is 34.4. The van der Waals surface area contributed by atoms with E-state index in [9.17, 15) is 19.0 Å². The number of unbranched alkanes of at least 4 members (excludes halogenated alkanes) is 26. The van der Waals surface area contributed by atoms with Crippen LogP contribution in [0.1, 0.15) is 252 Å². The average Bonchev–Trinajstić information content (AvgIpc) is 3.33. The number of quaternary nitrogens is 1. The maximum Gasteiger partial charge on any atom is 0.306 e. The van der Waals surface area contributed by atoms with Gasteiger partial charge in [-0.3, -0.25) is 14.2 Å². The summed E-state index contributed by atoms with van der Waals surface area (Å²) in [5.74, 6) is -0.575. The van der Waals surface area contributed by atoms with E-state index in [1.54, 1.807) is 0 Å². The average molecular weight is 1020 g/mol. The molecule has 0 aliphatic heterocycles. The number of likely N-dealkylation sites (N-methyl/N-ethyl adjacent to an activating group) is 1. The highest BCUT2D eigenvalue weighted by Crippen LogP contribution is 2.38. The highest BCUT2D eigenvalue weighted by Gasteiger charge is 2.27. The number of phosphoric ester groups is 1. The first-order valence-electron chi connectivity index (χ1n) is 29.2. The van der Waals surface area contributed by atoms with Crippen molar-refractivity contribution in [2.75, 3.05) is 40.9 Å². The van der Waals surface area contributed by atoms with Crippen LogP contribution in [0, 0.1) is 0 Å². The van der Waals surface area contributed by atoms with E-state index in [1.165, 1.54) is 96.3 Å². The zero-order valence-electron chi connectivity index (χ0n) is 46.9. The second-order valence-corrected chi connectivity index (χ2v) is 22.2. The molecular weight excluding hydrogens is 904 g/mol. The normalized spacial score (nSPS) is 14.3. The summed E-state index contributed by atoms with van der Waals surface area (Å²) < 4.78 is 30.2. The number of phosphoric acid groups is 1. The van der Waals surface area contributed by atoms with Gasteiger partial charge < -0.3 is 28.5 Å². The van der Waals surface area contributed by atoms with Crippen molar-refractivity contribution in [3.63, 3.8) is 0 Å². The molecule has 0 saturated heterocycles. The van der Waals surface area contributed by atoms with Crippen LogP contribution in [0.4, 0.5) is 0 Å². The fourth-order valence-corrected chi connectivity index (χ4v) is 8.74. The quantitative estimate of drug-likeness (QED) is 0.0212. The van der Waals surface area contributed by atoms with Gasteiger partial charge in [0.25, 0.3) is 7.82 Å². The number of nitrogens with zero attached hydrogens (tertiary/aromatic N) is 1. The number of carbonyl (C=O) groups excluding carboxylic acids is 2. The number of carbonyl (C=O) groups is 2. The van der Waals surface area contributed by atoms with Crippen molar-refractivity contribution in [3.05, 3.63) is 72.9 Å². The number of esters is 1. The van der Waals surface area contributed by atoms with Crippen LogP contribution < -0.4 is 10.2 Å². The third-order valence-electron chi connectivity index (χ3n) is 12.6. The zero-order chi connectivity index (χ0) is 52.2. The lowest BCUT2D eigenvalue weighted by molar-refractivity contribution is -0.870. The van der Waals surface area contributed by atoms with Crippen LogP contribution in [0.25, 0.3) is 0 Å². The summed E-state index contributed by atoms with van der Waals surface area (Å²) in [6.45, 7) is 6.75. The molecule has 0 aliphatic carbocycles. The monoisotopic (exact) mass is 1010 g/mol. The molecule has 0 aromatic rings. The molecule has 0 heterocycles. The van der Waals surface area contributed by atoms with E-state index in [1.807, 2.05) is 33.3 Å². The van der Waals surface area contributed by atoms with E-state index in [0.717, 1.165) is 109 Å². The Bertz CT molecular complexity index is 1450. The molecular formula is C61H111N2O7P. The largest absolute Gasteiger partial charge is 0.756 e. The molecule has 1 amide bonds. The fraction of sp³-hybridized carbons (Fsp3) is 0.770. The number of rotatable bonds is 52. The summed E-state index contributed by atoms with van der Waals surface area (Å²) in [6.07, 6.45) is 64.3. The van der Waals surface area contributed by atoms with Crippen molar-refractivity contribution < 1.29 is 37.3 Å². The summed E-state index contributed by atoms with van der Waals surface area (Å²) in [5.41, 5.74) is 0. The topological polar surface area (TPSA) is 114 Å². The number of amides is 1. The standard InChI is InChI=1S/C61H111N2O7P/c1-7-10-13-16-19-22-25-27-28-29-30-31-32-33-34-36-39-41-44-47-50-53-60(64)62-58(57-69-71(66,67)68-56-55-63(4,5)6)59(52-49-46-43-40-38-35-26-23-20-17-14-11-8-2)70-61(65)54-51-48-45-42-37-24-21-18-15-12-9-3/h18-19,21-22,27-28,30-31,33-34,49,52,58-59H,7-17,20,23-26,29,32,35-48,50-51,53-57H2,1-6H3,(H-,62,64,66,67)/b21-18-,22-19-,28-27-,31-30-,34-33-,52-49+. The number of hydrogen-bond donors (Lipinski definition) is 1. The Kier molecular flexibility index (Phi) is 49.1. The summed E-state index contributed by atoms with van der Waals surface area (Å²) in [5, 5.41) is 3.01. The molecule has 71 heavy (non-hydrogen) atoms. The van der Waals surface area contributed by atoms with Crippen molar-refractivity contribution in [2.45, 2.75) is 264 Å². The van der Waals surface area contributed by atoms with Crippen molar-refractivity contribution in [2.24, 2.45) is 0 Å². The Labute approximate surface area is 438 Å². The fourth-order valence-electron chi connectivity index (χ4n) is 8.01. The van der Waals surface area contributed by atoms with Crippen LogP contribution in [0.3, 0.4) is 0 Å². The molecule has 0 spiro atoms. The molecule has 0 rings (SSSR count). The highest BCUT2D eigenvalue weighted by atomic mass is 31.2. The second kappa shape index (κ2) is 51.0. The summed E-state index contributed by atoms with van der Waals surface area (Å²) >= 11 is 0. The van der Waals surface area contributed by atoms with Crippen molar-refractivity contribution in [1.82, 2.24) is 5.32 Å². The molecule has 3 unspecified atom stereocenters. The summed E-state index contributed by atoms with van der Waals surface area (Å²) in [6, 6.07) is -0.903. The predicted molar refractivity (Wildman–Crippen MR) is 302 cm³/mol. The lowest BCUT2D eigenvalue weighted by Crippen LogP contribution is -2.47. The number of hydrogen-bond acceptors (Lipinski definition) is 7. The van der Waals surface area contributed by atoms with Gasteiger partial charge in [-0.2, -0.15) is 0 Å². The minimum absolute atomic E-state index is 0.0300. The third kappa shape index (κ3) is 52.1. The van der Waals surface area contributed by atoms with E-state index < -0.39 is 26.6 Å². The molecule has 0 aromatic carbocycles. The lowest BCUT2D eigenvalue weighted by atomic mass is 10.0. The highest BCUT2D eigenvalue weighted by molar-refractivity contribution is 7.45. The molecule has 0 aromatic heterocycles. The summed E-state index contributed by atoms with van der Waals surface area (Å²) in [4.78, 5) is 39.8. The molecule has 3 atom stereocenters. The Morgan fingerprint density at radius 1 is 0.493 bits per heavy atom. The van der Waals surface area contributed by atoms with Gasteiger partial charge in [0.2, 0.25) is 5.91 Å². The first kappa shape index (κ1) is 68.5. The van der Waals surface area contributed by atoms with E-state index >= 15 is 0 Å². The molecule has 0 saturated carbocycles. The maximum absolute atomic E-state index is 13.5. The first-order valence-corrected chi connectivity index (χ1v) is 30.7. The van der Waals surface area contributed by atoms with E-state index in [2.05, 4.69) is 86.8 Å². The molecule has 9 nitrogen and oxygen atoms in total. The molecule has 10 heteroatoms. The molecule has 0 fully saturated rings. The Balaban J connectivity index is 5.33. The molecule has 412 valence electrons. The van der Waals surface area contributed by atoms with Crippen LogP contribution >= 0.6 is 7.82 Å². The minimum atomic E-state index is -4.70. The smallest absolute Gasteiger partial charge is 0.306 e. The maximum atomic E-state index is 13.5. The van der Waals surface area contributed by atoms with Gasteiger partial charge in [-0.1, -0.05) is 216 Å². The van der Waals surface area contributed by atoms with Crippen LogP contribution in [0.2, 0.25) is 0 Å². The Morgan fingerprint density at radius 3 is 1.37 bits per heavy atom. The Hall–Kier alpha value is -2.55. The third-order valence-corrected chi connectivity index (χ3v) is 13.6. The molecule has 0 bridgehead atoms. The van der Waals surface area contributed by atoms with E-state index in [4.69, 9.17) is 13.8 Å². The summed E-state index contributed by atoms with van der Waals surface area (Å²) in [7, 11) is 1.16. The van der Waals surface area contributed by atoms with Crippen molar-refractivity contribution in [1.29, 1.82) is 0 Å². The van der Waals surface area contributed by atoms with Gasteiger partial charge in [0.05, 0.1) is 33.8 Å². The Morgan fingerprint density at radius 2 is 0.873 bits per heavy atom. The molecule has 0 radical (unpaired) electrons. The van der Waals surface area contributed by atoms with Crippen molar-refractivity contribution >= 4 is 19.7 Å². The van der Waals surface area contributed by atoms with Crippen LogP contribution in [-0.4, -0.2) is 69.4 Å². The van der Waals surface area contributed by atoms with Crippen molar-refractivity contribution in [3.8, 4) is 0 Å².